The number of halogens is 2. The zero-order chi connectivity index (χ0) is 13.8. The number of hydrogen-bond donors (Lipinski definition) is 1. The summed E-state index contributed by atoms with van der Waals surface area (Å²) in [6, 6.07) is 9.95. The molecule has 0 fully saturated rings. The van der Waals surface area contributed by atoms with Gasteiger partial charge in [0.15, 0.2) is 5.75 Å². The van der Waals surface area contributed by atoms with Crippen LogP contribution >= 0.6 is 22.6 Å². The van der Waals surface area contributed by atoms with Crippen molar-refractivity contribution in [2.24, 2.45) is 0 Å². The average Bonchev–Trinajstić information content (AvgIpc) is 2.37. The molecule has 2 rings (SSSR count). The van der Waals surface area contributed by atoms with Crippen molar-refractivity contribution < 1.29 is 13.9 Å². The van der Waals surface area contributed by atoms with Crippen LogP contribution in [0.4, 0.5) is 10.1 Å². The van der Waals surface area contributed by atoms with Gasteiger partial charge in [0.1, 0.15) is 17.3 Å². The van der Waals surface area contributed by atoms with Crippen LogP contribution in [0.2, 0.25) is 0 Å². The quantitative estimate of drug-likeness (QED) is 0.645. The molecular weight excluding hydrogens is 360 g/mol. The van der Waals surface area contributed by atoms with Crippen LogP contribution in [-0.4, -0.2) is 6.61 Å². The molecule has 2 aromatic rings. The summed E-state index contributed by atoms with van der Waals surface area (Å²) in [5, 5.41) is 0. The van der Waals surface area contributed by atoms with Crippen molar-refractivity contribution in [2.75, 3.05) is 12.3 Å². The molecule has 5 heteroatoms. The fourth-order valence-corrected chi connectivity index (χ4v) is 2.04. The van der Waals surface area contributed by atoms with Gasteiger partial charge in [0.05, 0.1) is 15.9 Å². The summed E-state index contributed by atoms with van der Waals surface area (Å²) in [4.78, 5) is 0. The van der Waals surface area contributed by atoms with Gasteiger partial charge in [-0.1, -0.05) is 6.07 Å². The standard InChI is InChI=1S/C14H13FINO2/c1-2-18-9-4-3-5-10(6-9)19-14-7-11(15)12(16)8-13(14)17/h3-8H,2,17H2,1H3. The first-order valence-corrected chi connectivity index (χ1v) is 6.83. The van der Waals surface area contributed by atoms with E-state index in [0.717, 1.165) is 0 Å². The van der Waals surface area contributed by atoms with E-state index in [-0.39, 0.29) is 5.82 Å². The Balaban J connectivity index is 2.25. The molecule has 0 aliphatic heterocycles. The van der Waals surface area contributed by atoms with Crippen molar-refractivity contribution in [2.45, 2.75) is 6.92 Å². The van der Waals surface area contributed by atoms with E-state index in [1.807, 2.05) is 35.6 Å². The number of nitrogens with two attached hydrogens (primary N) is 1. The maximum absolute atomic E-state index is 13.5. The predicted octanol–water partition coefficient (Wildman–Crippen LogP) is 4.20. The van der Waals surface area contributed by atoms with E-state index in [1.54, 1.807) is 18.2 Å². The molecule has 0 saturated carbocycles. The van der Waals surface area contributed by atoms with Gasteiger partial charge in [-0.15, -0.1) is 0 Å². The lowest BCUT2D eigenvalue weighted by atomic mass is 10.3. The van der Waals surface area contributed by atoms with E-state index in [9.17, 15) is 4.39 Å². The molecule has 3 nitrogen and oxygen atoms in total. The number of anilines is 1. The highest BCUT2D eigenvalue weighted by molar-refractivity contribution is 14.1. The van der Waals surface area contributed by atoms with Crippen molar-refractivity contribution in [3.63, 3.8) is 0 Å². The zero-order valence-corrected chi connectivity index (χ0v) is 12.5. The second-order valence-corrected chi connectivity index (χ2v) is 4.98. The molecule has 100 valence electrons. The summed E-state index contributed by atoms with van der Waals surface area (Å²) in [5.74, 6) is 1.19. The van der Waals surface area contributed by atoms with E-state index in [0.29, 0.717) is 33.1 Å². The number of hydrogen-bond acceptors (Lipinski definition) is 3. The molecule has 0 radical (unpaired) electrons. The smallest absolute Gasteiger partial charge is 0.153 e. The van der Waals surface area contributed by atoms with Crippen molar-refractivity contribution in [3.8, 4) is 17.2 Å². The predicted molar refractivity (Wildman–Crippen MR) is 81.2 cm³/mol. The van der Waals surface area contributed by atoms with Crippen molar-refractivity contribution in [3.05, 3.63) is 45.8 Å². The van der Waals surface area contributed by atoms with Gasteiger partial charge in [0.2, 0.25) is 0 Å². The molecule has 0 saturated heterocycles. The monoisotopic (exact) mass is 373 g/mol. The third-order valence-corrected chi connectivity index (χ3v) is 3.22. The Labute approximate surface area is 124 Å². The summed E-state index contributed by atoms with van der Waals surface area (Å²) in [5.41, 5.74) is 6.20. The van der Waals surface area contributed by atoms with Gasteiger partial charge in [-0.05, 0) is 47.7 Å². The molecule has 0 atom stereocenters. The summed E-state index contributed by atoms with van der Waals surface area (Å²) >= 11 is 1.88. The number of rotatable bonds is 4. The van der Waals surface area contributed by atoms with E-state index < -0.39 is 0 Å². The van der Waals surface area contributed by atoms with Gasteiger partial charge in [-0.25, -0.2) is 4.39 Å². The SMILES string of the molecule is CCOc1cccc(Oc2cc(F)c(I)cc2N)c1. The van der Waals surface area contributed by atoms with Crippen molar-refractivity contribution >= 4 is 28.3 Å². The normalized spacial score (nSPS) is 10.3. The molecule has 0 bridgehead atoms. The number of benzene rings is 2. The first kappa shape index (κ1) is 13.9. The fraction of sp³-hybridized carbons (Fsp3) is 0.143. The minimum Gasteiger partial charge on any atom is -0.494 e. The maximum Gasteiger partial charge on any atom is 0.153 e. The van der Waals surface area contributed by atoms with Gasteiger partial charge in [0, 0.05) is 12.1 Å². The van der Waals surface area contributed by atoms with Crippen LogP contribution < -0.4 is 15.2 Å². The van der Waals surface area contributed by atoms with Gasteiger partial charge in [-0.3, -0.25) is 0 Å². The minimum absolute atomic E-state index is 0.298. The Morgan fingerprint density at radius 3 is 2.68 bits per heavy atom. The highest BCUT2D eigenvalue weighted by Gasteiger charge is 2.08. The van der Waals surface area contributed by atoms with Gasteiger partial charge < -0.3 is 15.2 Å². The van der Waals surface area contributed by atoms with Crippen LogP contribution in [0.15, 0.2) is 36.4 Å². The lowest BCUT2D eigenvalue weighted by Gasteiger charge is -2.10. The van der Waals surface area contributed by atoms with Crippen LogP contribution in [0.3, 0.4) is 0 Å². The molecular formula is C14H13FINO2. The molecule has 0 unspecified atom stereocenters. The van der Waals surface area contributed by atoms with Crippen LogP contribution in [0, 0.1) is 9.39 Å². The molecule has 0 spiro atoms. The zero-order valence-electron chi connectivity index (χ0n) is 10.3. The largest absolute Gasteiger partial charge is 0.494 e. The fourth-order valence-electron chi connectivity index (χ4n) is 1.55. The Kier molecular flexibility index (Phi) is 4.47. The lowest BCUT2D eigenvalue weighted by Crippen LogP contribution is -1.96. The van der Waals surface area contributed by atoms with Crippen LogP contribution in [0.1, 0.15) is 6.92 Å². The van der Waals surface area contributed by atoms with E-state index in [4.69, 9.17) is 15.2 Å². The summed E-state index contributed by atoms with van der Waals surface area (Å²) in [6.07, 6.45) is 0. The highest BCUT2D eigenvalue weighted by atomic mass is 127. The van der Waals surface area contributed by atoms with Crippen LogP contribution in [0.25, 0.3) is 0 Å². The topological polar surface area (TPSA) is 44.5 Å². The number of ether oxygens (including phenoxy) is 2. The molecule has 0 aliphatic rings. The van der Waals surface area contributed by atoms with Crippen LogP contribution in [0.5, 0.6) is 17.2 Å². The third-order valence-electron chi connectivity index (χ3n) is 2.40. The van der Waals surface area contributed by atoms with E-state index >= 15 is 0 Å². The van der Waals surface area contributed by atoms with Crippen LogP contribution in [-0.2, 0) is 0 Å². The Bertz CT molecular complexity index is 590. The highest BCUT2D eigenvalue weighted by Crippen LogP contribution is 2.31. The Morgan fingerprint density at radius 2 is 1.95 bits per heavy atom. The molecule has 19 heavy (non-hydrogen) atoms. The van der Waals surface area contributed by atoms with Crippen molar-refractivity contribution in [1.82, 2.24) is 0 Å². The molecule has 2 aromatic carbocycles. The van der Waals surface area contributed by atoms with Gasteiger partial charge in [0.25, 0.3) is 0 Å². The first-order chi connectivity index (χ1) is 9.10. The molecule has 0 aromatic heterocycles. The van der Waals surface area contributed by atoms with E-state index in [1.165, 1.54) is 12.1 Å². The van der Waals surface area contributed by atoms with Crippen molar-refractivity contribution in [1.29, 1.82) is 0 Å². The third kappa shape index (κ3) is 3.50. The molecule has 0 aliphatic carbocycles. The lowest BCUT2D eigenvalue weighted by molar-refractivity contribution is 0.338. The second kappa shape index (κ2) is 6.10. The Morgan fingerprint density at radius 1 is 1.21 bits per heavy atom. The second-order valence-electron chi connectivity index (χ2n) is 3.81. The summed E-state index contributed by atoms with van der Waals surface area (Å²) in [7, 11) is 0. The molecule has 2 N–H and O–H groups in total. The Hall–Kier alpha value is -1.50. The summed E-state index contributed by atoms with van der Waals surface area (Å²) < 4.78 is 24.9. The number of nitrogen functional groups attached to an aromatic ring is 1. The molecule has 0 amide bonds. The van der Waals surface area contributed by atoms with Gasteiger partial charge in [-0.2, -0.15) is 0 Å². The maximum atomic E-state index is 13.5. The molecule has 0 heterocycles. The van der Waals surface area contributed by atoms with E-state index in [2.05, 4.69) is 0 Å². The first-order valence-electron chi connectivity index (χ1n) is 5.75. The minimum atomic E-state index is -0.356. The average molecular weight is 373 g/mol. The summed E-state index contributed by atoms with van der Waals surface area (Å²) in [6.45, 7) is 2.48. The van der Waals surface area contributed by atoms with Gasteiger partial charge >= 0.3 is 0 Å².